The van der Waals surface area contributed by atoms with Gasteiger partial charge in [-0.25, -0.2) is 23.1 Å². The molecule has 0 spiro atoms. The second kappa shape index (κ2) is 13.2. The molecular weight excluding hydrogens is 587 g/mol. The zero-order valence-electron chi connectivity index (χ0n) is 23.4. The summed E-state index contributed by atoms with van der Waals surface area (Å²) in [4.78, 5) is 20.7. The Bertz CT molecular complexity index is 1310. The number of hydrogen-bond donors (Lipinski definition) is 1. The summed E-state index contributed by atoms with van der Waals surface area (Å²) in [6.07, 6.45) is 1.81. The van der Waals surface area contributed by atoms with E-state index in [0.717, 1.165) is 18.2 Å². The molecule has 0 radical (unpaired) electrons. The van der Waals surface area contributed by atoms with Crippen molar-refractivity contribution in [3.63, 3.8) is 0 Å². The molecule has 4 rings (SSSR count). The summed E-state index contributed by atoms with van der Waals surface area (Å²) in [7, 11) is -3.96. The van der Waals surface area contributed by atoms with Gasteiger partial charge < -0.3 is 10.1 Å². The molecule has 0 bridgehead atoms. The van der Waals surface area contributed by atoms with Crippen LogP contribution < -0.4 is 5.32 Å². The maximum Gasteiger partial charge on any atom is 0.389 e. The summed E-state index contributed by atoms with van der Waals surface area (Å²) in [5.41, 5.74) is 0.906. The lowest BCUT2D eigenvalue weighted by atomic mass is 10.0. The van der Waals surface area contributed by atoms with Crippen LogP contribution in [0.1, 0.15) is 82.0 Å². The number of carbonyl (C=O) groups is 1. The van der Waals surface area contributed by atoms with Crippen molar-refractivity contribution in [3.05, 3.63) is 29.8 Å². The molecule has 3 heterocycles. The number of rotatable bonds is 11. The molecule has 2 aliphatic rings. The minimum atomic E-state index is -4.25. The summed E-state index contributed by atoms with van der Waals surface area (Å²) >= 11 is 0. The maximum atomic E-state index is 13.0. The summed E-state index contributed by atoms with van der Waals surface area (Å²) in [6, 6.07) is -0.0821. The smallest absolute Gasteiger partial charge is 0.389 e. The predicted molar refractivity (Wildman–Crippen MR) is 141 cm³/mol. The van der Waals surface area contributed by atoms with E-state index >= 15 is 0 Å². The van der Waals surface area contributed by atoms with E-state index in [2.05, 4.69) is 20.4 Å². The molecule has 1 saturated carbocycles. The van der Waals surface area contributed by atoms with E-state index in [9.17, 15) is 35.2 Å². The number of halogens is 5. The number of ether oxygens (including phenoxy) is 1. The Morgan fingerprint density at radius 3 is 2.40 bits per heavy atom. The molecule has 2 fully saturated rings. The zero-order chi connectivity index (χ0) is 30.7. The number of alkyl halides is 5. The van der Waals surface area contributed by atoms with Crippen LogP contribution in [-0.2, 0) is 19.6 Å². The fraction of sp³-hybridized carbons (Fsp3) is 0.692. The van der Waals surface area contributed by atoms with Gasteiger partial charge in [-0.3, -0.25) is 4.79 Å². The molecule has 0 unspecified atom stereocenters. The fourth-order valence-electron chi connectivity index (χ4n) is 5.46. The van der Waals surface area contributed by atoms with Crippen LogP contribution in [0.25, 0.3) is 0 Å². The van der Waals surface area contributed by atoms with Crippen LogP contribution in [0.15, 0.2) is 23.5 Å². The fourth-order valence-corrected chi connectivity index (χ4v) is 7.08. The quantitative estimate of drug-likeness (QED) is 0.269. The van der Waals surface area contributed by atoms with Gasteiger partial charge in [0.05, 0.1) is 11.9 Å². The van der Waals surface area contributed by atoms with Crippen molar-refractivity contribution in [1.82, 2.24) is 24.1 Å². The number of anilines is 1. The van der Waals surface area contributed by atoms with Crippen molar-refractivity contribution in [3.8, 4) is 0 Å². The van der Waals surface area contributed by atoms with Crippen molar-refractivity contribution in [1.29, 1.82) is 0 Å². The van der Waals surface area contributed by atoms with E-state index in [4.69, 9.17) is 4.74 Å². The molecule has 1 saturated heterocycles. The number of carbonyl (C=O) groups excluding carboxylic acids is 1. The molecule has 1 N–H and O–H groups in total. The third-order valence-corrected chi connectivity index (χ3v) is 9.73. The number of piperidine rings is 1. The first-order chi connectivity index (χ1) is 19.7. The van der Waals surface area contributed by atoms with Crippen LogP contribution in [0, 0.1) is 12.8 Å². The van der Waals surface area contributed by atoms with Gasteiger partial charge in [0.2, 0.25) is 16.0 Å². The molecular formula is C26H35F5N6O4S. The lowest BCUT2D eigenvalue weighted by Crippen LogP contribution is -2.42. The Kier molecular flexibility index (Phi) is 10.1. The van der Waals surface area contributed by atoms with Gasteiger partial charge in [0.25, 0.3) is 0 Å². The highest BCUT2D eigenvalue weighted by atomic mass is 32.2. The number of hydrogen-bond acceptors (Lipinski definition) is 8. The second-order valence-corrected chi connectivity index (χ2v) is 13.0. The van der Waals surface area contributed by atoms with E-state index < -0.39 is 41.1 Å². The SMILES string of the molecule is Cc1nn(C(F)F)cc1S(=O)(=O)N1CCC(Nc2ncc([C@H]3CC[C@@H](OC(=O)CC[C@@H](C)CC(F)(F)F)C3)cn2)CC1. The van der Waals surface area contributed by atoms with Gasteiger partial charge in [-0.05, 0) is 62.8 Å². The molecule has 0 aromatic carbocycles. The highest BCUT2D eigenvalue weighted by Gasteiger charge is 2.34. The molecule has 2 aromatic heterocycles. The van der Waals surface area contributed by atoms with Gasteiger partial charge in [-0.15, -0.1) is 0 Å². The molecule has 2 aromatic rings. The Morgan fingerprint density at radius 2 is 1.81 bits per heavy atom. The standard InChI is InChI=1S/C26H35F5N6O4S/c1-16(12-26(29,30)31)3-6-23(38)41-21-5-4-18(11-21)19-13-32-25(33-14-19)34-20-7-9-36(10-8-20)42(39,40)22-15-37(24(27)28)35-17(22)2/h13-16,18,20-21,24H,3-12H2,1-2H3,(H,32,33,34)/t16-,18+,21-/m1/s1. The molecule has 1 aliphatic carbocycles. The minimum Gasteiger partial charge on any atom is -0.462 e. The van der Waals surface area contributed by atoms with Crippen molar-refractivity contribution in [2.24, 2.45) is 5.92 Å². The monoisotopic (exact) mass is 622 g/mol. The zero-order valence-corrected chi connectivity index (χ0v) is 24.2. The van der Waals surface area contributed by atoms with E-state index in [1.807, 2.05) is 0 Å². The largest absolute Gasteiger partial charge is 0.462 e. The Hall–Kier alpha value is -2.88. The van der Waals surface area contributed by atoms with Crippen LogP contribution in [0.5, 0.6) is 0 Å². The highest BCUT2D eigenvalue weighted by Crippen LogP contribution is 2.36. The van der Waals surface area contributed by atoms with Crippen LogP contribution in [0.4, 0.5) is 27.9 Å². The average Bonchev–Trinajstić information content (AvgIpc) is 3.54. The number of nitrogens with zero attached hydrogens (tertiary/aromatic N) is 5. The number of sulfonamides is 1. The summed E-state index contributed by atoms with van der Waals surface area (Å²) < 4.78 is 96.3. The van der Waals surface area contributed by atoms with E-state index in [0.29, 0.717) is 36.3 Å². The van der Waals surface area contributed by atoms with Crippen molar-refractivity contribution < 1.29 is 39.9 Å². The third-order valence-electron chi connectivity index (χ3n) is 7.72. The average molecular weight is 623 g/mol. The Balaban J connectivity index is 1.21. The first-order valence-corrected chi connectivity index (χ1v) is 15.3. The normalized spacial score (nSPS) is 21.5. The van der Waals surface area contributed by atoms with Gasteiger partial charge in [0, 0.05) is 44.4 Å². The van der Waals surface area contributed by atoms with E-state index in [-0.39, 0.29) is 54.6 Å². The van der Waals surface area contributed by atoms with Crippen molar-refractivity contribution in [2.45, 2.75) is 101 Å². The highest BCUT2D eigenvalue weighted by molar-refractivity contribution is 7.89. The van der Waals surface area contributed by atoms with Crippen molar-refractivity contribution in [2.75, 3.05) is 18.4 Å². The van der Waals surface area contributed by atoms with E-state index in [1.54, 1.807) is 12.4 Å². The minimum absolute atomic E-state index is 0.0188. The molecule has 1 aliphatic heterocycles. The molecule has 234 valence electrons. The summed E-state index contributed by atoms with van der Waals surface area (Å²) in [5, 5.41) is 6.81. The lowest BCUT2D eigenvalue weighted by Gasteiger charge is -2.31. The lowest BCUT2D eigenvalue weighted by molar-refractivity contribution is -0.152. The number of esters is 1. The first-order valence-electron chi connectivity index (χ1n) is 13.9. The number of nitrogens with one attached hydrogen (secondary N) is 1. The molecule has 16 heteroatoms. The molecule has 0 amide bonds. The summed E-state index contributed by atoms with van der Waals surface area (Å²) in [5.74, 6) is -0.646. The van der Waals surface area contributed by atoms with Crippen LogP contribution in [-0.4, -0.2) is 69.9 Å². The number of aromatic nitrogens is 4. The van der Waals surface area contributed by atoms with Gasteiger partial charge >= 0.3 is 18.7 Å². The third kappa shape index (κ3) is 8.36. The Labute approximate surface area is 241 Å². The van der Waals surface area contributed by atoms with E-state index in [1.165, 1.54) is 18.2 Å². The van der Waals surface area contributed by atoms with Crippen LogP contribution in [0.3, 0.4) is 0 Å². The molecule has 10 nitrogen and oxygen atoms in total. The molecule has 42 heavy (non-hydrogen) atoms. The maximum absolute atomic E-state index is 13.0. The topological polar surface area (TPSA) is 119 Å². The van der Waals surface area contributed by atoms with Gasteiger partial charge in [0.1, 0.15) is 11.0 Å². The second-order valence-electron chi connectivity index (χ2n) is 11.1. The van der Waals surface area contributed by atoms with Gasteiger partial charge in [-0.1, -0.05) is 6.92 Å². The van der Waals surface area contributed by atoms with Crippen LogP contribution >= 0.6 is 0 Å². The van der Waals surface area contributed by atoms with Crippen molar-refractivity contribution >= 4 is 21.9 Å². The summed E-state index contributed by atoms with van der Waals surface area (Å²) in [6.45, 7) is 0.313. The first kappa shape index (κ1) is 32.0. The Morgan fingerprint density at radius 1 is 1.14 bits per heavy atom. The number of aryl methyl sites for hydroxylation is 1. The predicted octanol–water partition coefficient (Wildman–Crippen LogP) is 5.19. The van der Waals surface area contributed by atoms with Crippen LogP contribution in [0.2, 0.25) is 0 Å². The van der Waals surface area contributed by atoms with Gasteiger partial charge in [-0.2, -0.15) is 31.4 Å². The molecule has 3 atom stereocenters. The van der Waals surface area contributed by atoms with Gasteiger partial charge in [0.15, 0.2) is 0 Å².